The molecule has 19 heavy (non-hydrogen) atoms. The van der Waals surface area contributed by atoms with Gasteiger partial charge in [-0.2, -0.15) is 0 Å². The Kier molecular flexibility index (Phi) is 7.44. The Balaban J connectivity index is 2.47. The molecule has 1 aromatic carbocycles. The maximum atomic E-state index is 6.32. The first-order valence-electron chi connectivity index (χ1n) is 6.78. The van der Waals surface area contributed by atoms with Crippen LogP contribution in [0.3, 0.4) is 0 Å². The lowest BCUT2D eigenvalue weighted by Gasteiger charge is -2.24. The Hall–Kier alpha value is -0.570. The average Bonchev–Trinajstić information content (AvgIpc) is 2.43. The van der Waals surface area contributed by atoms with Crippen LogP contribution in [-0.4, -0.2) is 18.8 Å². The van der Waals surface area contributed by atoms with Crippen molar-refractivity contribution >= 4 is 29.4 Å². The predicted octanol–water partition coefficient (Wildman–Crippen LogP) is 4.30. The van der Waals surface area contributed by atoms with Crippen molar-refractivity contribution in [3.8, 4) is 0 Å². The maximum Gasteiger partial charge on any atom is 0.163 e. The van der Waals surface area contributed by atoms with E-state index in [2.05, 4.69) is 11.9 Å². The van der Waals surface area contributed by atoms with Gasteiger partial charge < -0.3 is 5.73 Å². The van der Waals surface area contributed by atoms with Gasteiger partial charge in [0.2, 0.25) is 0 Å². The zero-order valence-electron chi connectivity index (χ0n) is 11.4. The van der Waals surface area contributed by atoms with E-state index in [0.717, 1.165) is 18.5 Å². The van der Waals surface area contributed by atoms with Crippen LogP contribution < -0.4 is 5.73 Å². The molecule has 1 unspecified atom stereocenters. The summed E-state index contributed by atoms with van der Waals surface area (Å²) < 4.78 is -1.13. The molecule has 2 nitrogen and oxygen atoms in total. The van der Waals surface area contributed by atoms with Gasteiger partial charge in [0.15, 0.2) is 4.33 Å². The second kappa shape index (κ2) is 8.57. The van der Waals surface area contributed by atoms with Crippen molar-refractivity contribution in [2.75, 3.05) is 6.54 Å². The molecule has 0 bridgehead atoms. The van der Waals surface area contributed by atoms with Crippen molar-refractivity contribution in [1.29, 1.82) is 0 Å². The predicted molar refractivity (Wildman–Crippen MR) is 85.3 cm³/mol. The van der Waals surface area contributed by atoms with E-state index in [4.69, 9.17) is 28.9 Å². The number of rotatable bonds is 8. The van der Waals surface area contributed by atoms with Crippen LogP contribution in [0.15, 0.2) is 35.3 Å². The van der Waals surface area contributed by atoms with Crippen molar-refractivity contribution in [3.63, 3.8) is 0 Å². The van der Waals surface area contributed by atoms with Crippen molar-refractivity contribution in [1.82, 2.24) is 0 Å². The molecule has 1 aromatic rings. The molecule has 0 saturated carbocycles. The quantitative estimate of drug-likeness (QED) is 0.434. The fourth-order valence-electron chi connectivity index (χ4n) is 1.76. The molecule has 0 amide bonds. The third-order valence-corrected chi connectivity index (χ3v) is 3.92. The summed E-state index contributed by atoms with van der Waals surface area (Å²) in [5.41, 5.74) is 6.81. The molecule has 0 saturated heterocycles. The maximum absolute atomic E-state index is 6.32. The normalized spacial score (nSPS) is 13.9. The highest BCUT2D eigenvalue weighted by atomic mass is 35.5. The lowest BCUT2D eigenvalue weighted by molar-refractivity contribution is 0.673. The number of halogens is 2. The number of hydrogen-bond acceptors (Lipinski definition) is 2. The molecule has 0 spiro atoms. The van der Waals surface area contributed by atoms with Crippen LogP contribution in [-0.2, 0) is 4.33 Å². The Morgan fingerprint density at radius 1 is 1.21 bits per heavy atom. The lowest BCUT2D eigenvalue weighted by atomic mass is 10.1. The van der Waals surface area contributed by atoms with Crippen molar-refractivity contribution < 1.29 is 0 Å². The van der Waals surface area contributed by atoms with Gasteiger partial charge in [0.05, 0.1) is 6.04 Å². The summed E-state index contributed by atoms with van der Waals surface area (Å²) in [6.45, 7) is 2.97. The van der Waals surface area contributed by atoms with E-state index < -0.39 is 10.4 Å². The van der Waals surface area contributed by atoms with Crippen LogP contribution in [0.5, 0.6) is 0 Å². The molecule has 0 heterocycles. The number of nitrogens with zero attached hydrogens (tertiary/aromatic N) is 1. The molecule has 1 rings (SSSR count). The molecule has 0 fully saturated rings. The monoisotopic (exact) mass is 300 g/mol. The van der Waals surface area contributed by atoms with Crippen LogP contribution in [0, 0.1) is 0 Å². The van der Waals surface area contributed by atoms with E-state index in [1.54, 1.807) is 6.21 Å². The van der Waals surface area contributed by atoms with Crippen molar-refractivity contribution in [3.05, 3.63) is 35.9 Å². The molecule has 1 atom stereocenters. The highest BCUT2D eigenvalue weighted by Crippen LogP contribution is 2.35. The summed E-state index contributed by atoms with van der Waals surface area (Å²) in [6, 6.07) is 8.93. The van der Waals surface area contributed by atoms with Crippen LogP contribution in [0.1, 0.15) is 38.2 Å². The van der Waals surface area contributed by atoms with Crippen LogP contribution in [0.25, 0.3) is 0 Å². The number of nitrogens with two attached hydrogens (primary N) is 1. The summed E-state index contributed by atoms with van der Waals surface area (Å²) in [6.07, 6.45) is 6.43. The minimum atomic E-state index is -1.13. The first-order chi connectivity index (χ1) is 9.09. The highest BCUT2D eigenvalue weighted by molar-refractivity contribution is 6.49. The van der Waals surface area contributed by atoms with E-state index in [1.807, 2.05) is 30.3 Å². The van der Waals surface area contributed by atoms with E-state index in [9.17, 15) is 0 Å². The Labute approximate surface area is 126 Å². The summed E-state index contributed by atoms with van der Waals surface area (Å²) in [7, 11) is 0. The number of unbranched alkanes of at least 4 members (excludes halogenated alkanes) is 3. The summed E-state index contributed by atoms with van der Waals surface area (Å²) in [5.74, 6) is 0. The largest absolute Gasteiger partial charge is 0.320 e. The molecule has 0 radical (unpaired) electrons. The molecule has 0 aliphatic rings. The van der Waals surface area contributed by atoms with Gasteiger partial charge in [0.1, 0.15) is 0 Å². The topological polar surface area (TPSA) is 38.4 Å². The van der Waals surface area contributed by atoms with E-state index in [-0.39, 0.29) is 0 Å². The smallest absolute Gasteiger partial charge is 0.163 e. The number of hydrogen-bond donors (Lipinski definition) is 1. The minimum absolute atomic E-state index is 0.510. The zero-order valence-corrected chi connectivity index (χ0v) is 12.9. The van der Waals surface area contributed by atoms with Gasteiger partial charge in [-0.1, -0.05) is 79.7 Å². The van der Waals surface area contributed by atoms with Crippen molar-refractivity contribution in [2.45, 2.75) is 43.0 Å². The first kappa shape index (κ1) is 16.5. The van der Waals surface area contributed by atoms with Gasteiger partial charge in [-0.25, -0.2) is 0 Å². The fraction of sp³-hybridized carbons (Fsp3) is 0.533. The minimum Gasteiger partial charge on any atom is -0.320 e. The van der Waals surface area contributed by atoms with Crippen LogP contribution in [0.2, 0.25) is 0 Å². The van der Waals surface area contributed by atoms with Gasteiger partial charge >= 0.3 is 0 Å². The average molecular weight is 301 g/mol. The third kappa shape index (κ3) is 5.52. The van der Waals surface area contributed by atoms with E-state index in [1.165, 1.54) is 19.3 Å². The van der Waals surface area contributed by atoms with Crippen LogP contribution in [0.4, 0.5) is 0 Å². The summed E-state index contributed by atoms with van der Waals surface area (Å²) >= 11 is 12.6. The van der Waals surface area contributed by atoms with Gasteiger partial charge in [-0.15, -0.1) is 0 Å². The molecule has 0 aliphatic heterocycles. The molecular formula is C15H22Cl2N2. The SMILES string of the molecule is CCCCCCN=CC(N)C(Cl)(Cl)c1ccccc1. The molecule has 2 N–H and O–H groups in total. The van der Waals surface area contributed by atoms with Gasteiger partial charge in [0, 0.05) is 12.8 Å². The fourth-order valence-corrected chi connectivity index (χ4v) is 2.13. The van der Waals surface area contributed by atoms with Crippen molar-refractivity contribution in [2.24, 2.45) is 10.7 Å². The Morgan fingerprint density at radius 3 is 2.53 bits per heavy atom. The lowest BCUT2D eigenvalue weighted by Crippen LogP contribution is -2.38. The highest BCUT2D eigenvalue weighted by Gasteiger charge is 2.32. The first-order valence-corrected chi connectivity index (χ1v) is 7.53. The molecular weight excluding hydrogens is 279 g/mol. The summed E-state index contributed by atoms with van der Waals surface area (Å²) in [4.78, 5) is 4.32. The third-order valence-electron chi connectivity index (χ3n) is 2.98. The summed E-state index contributed by atoms with van der Waals surface area (Å²) in [5, 5.41) is 0. The Bertz CT molecular complexity index is 377. The number of benzene rings is 1. The zero-order chi connectivity index (χ0) is 14.1. The second-order valence-electron chi connectivity index (χ2n) is 4.63. The van der Waals surface area contributed by atoms with E-state index in [0.29, 0.717) is 0 Å². The molecule has 4 heteroatoms. The van der Waals surface area contributed by atoms with Gasteiger partial charge in [-0.05, 0) is 12.0 Å². The van der Waals surface area contributed by atoms with Crippen LogP contribution >= 0.6 is 23.2 Å². The molecule has 0 aliphatic carbocycles. The number of aliphatic imine (C=N–C) groups is 1. The number of alkyl halides is 2. The van der Waals surface area contributed by atoms with Gasteiger partial charge in [-0.3, -0.25) is 4.99 Å². The van der Waals surface area contributed by atoms with E-state index >= 15 is 0 Å². The second-order valence-corrected chi connectivity index (χ2v) is 6.02. The van der Waals surface area contributed by atoms with Gasteiger partial charge in [0.25, 0.3) is 0 Å². The molecule has 0 aromatic heterocycles. The standard InChI is InChI=1S/C15H22Cl2N2/c1-2-3-4-8-11-19-12-14(18)15(16,17)13-9-6-5-7-10-13/h5-7,9-10,12,14H,2-4,8,11,18H2,1H3. The Morgan fingerprint density at radius 2 is 1.89 bits per heavy atom. The molecule has 106 valence electrons.